The summed E-state index contributed by atoms with van der Waals surface area (Å²) in [6.45, 7) is 7.88. The predicted octanol–water partition coefficient (Wildman–Crippen LogP) is 5.55. The lowest BCUT2D eigenvalue weighted by atomic mass is 10.0. The van der Waals surface area contributed by atoms with Crippen LogP contribution in [0.3, 0.4) is 0 Å². The molecule has 0 saturated heterocycles. The molecule has 2 aromatic rings. The zero-order valence-electron chi connectivity index (χ0n) is 14.7. The smallest absolute Gasteiger partial charge is 0.161 e. The van der Waals surface area contributed by atoms with Crippen molar-refractivity contribution < 1.29 is 9.47 Å². The number of benzene rings is 1. The van der Waals surface area contributed by atoms with Crippen molar-refractivity contribution in [3.63, 3.8) is 0 Å². The van der Waals surface area contributed by atoms with Gasteiger partial charge in [-0.05, 0) is 49.3 Å². The summed E-state index contributed by atoms with van der Waals surface area (Å²) >= 11 is 0. The molecule has 0 atom stereocenters. The maximum absolute atomic E-state index is 5.92. The SMILES string of the molecule is CCCCCc1nccc2cc(OCCC)c(OCCC)cc12. The second kappa shape index (κ2) is 9.39. The van der Waals surface area contributed by atoms with Crippen molar-refractivity contribution in [2.24, 2.45) is 0 Å². The van der Waals surface area contributed by atoms with E-state index < -0.39 is 0 Å². The van der Waals surface area contributed by atoms with Crippen LogP contribution < -0.4 is 9.47 Å². The molecule has 23 heavy (non-hydrogen) atoms. The minimum atomic E-state index is 0.708. The molecule has 1 aromatic carbocycles. The molecule has 0 unspecified atom stereocenters. The summed E-state index contributed by atoms with van der Waals surface area (Å²) in [4.78, 5) is 4.60. The van der Waals surface area contributed by atoms with Gasteiger partial charge in [0, 0.05) is 17.3 Å². The summed E-state index contributed by atoms with van der Waals surface area (Å²) in [5.41, 5.74) is 1.17. The third-order valence-corrected chi connectivity index (χ3v) is 3.85. The Labute approximate surface area is 140 Å². The highest BCUT2D eigenvalue weighted by Crippen LogP contribution is 2.34. The van der Waals surface area contributed by atoms with Crippen molar-refractivity contribution in [2.45, 2.75) is 59.3 Å². The first-order valence-corrected chi connectivity index (χ1v) is 8.97. The van der Waals surface area contributed by atoms with Crippen LogP contribution in [0.4, 0.5) is 0 Å². The molecule has 1 heterocycles. The van der Waals surface area contributed by atoms with Crippen LogP contribution in [0, 0.1) is 0 Å². The average molecular weight is 315 g/mol. The summed E-state index contributed by atoms with van der Waals surface area (Å²) in [5, 5.41) is 2.38. The number of aromatic nitrogens is 1. The number of hydrogen-bond donors (Lipinski definition) is 0. The average Bonchev–Trinajstić information content (AvgIpc) is 2.58. The van der Waals surface area contributed by atoms with E-state index in [1.54, 1.807) is 0 Å². The Hall–Kier alpha value is -1.77. The third kappa shape index (κ3) is 4.85. The van der Waals surface area contributed by atoms with Crippen molar-refractivity contribution >= 4 is 10.8 Å². The molecule has 126 valence electrons. The van der Waals surface area contributed by atoms with Gasteiger partial charge in [0.25, 0.3) is 0 Å². The van der Waals surface area contributed by atoms with Crippen LogP contribution in [-0.4, -0.2) is 18.2 Å². The summed E-state index contributed by atoms with van der Waals surface area (Å²) in [7, 11) is 0. The first kappa shape index (κ1) is 17.6. The highest BCUT2D eigenvalue weighted by molar-refractivity contribution is 5.87. The molecule has 0 spiro atoms. The van der Waals surface area contributed by atoms with Gasteiger partial charge in [0.2, 0.25) is 0 Å². The molecule has 0 saturated carbocycles. The van der Waals surface area contributed by atoms with Crippen LogP contribution in [0.1, 0.15) is 58.6 Å². The van der Waals surface area contributed by atoms with Crippen molar-refractivity contribution in [3.8, 4) is 11.5 Å². The highest BCUT2D eigenvalue weighted by Gasteiger charge is 2.11. The number of fused-ring (bicyclic) bond motifs is 1. The van der Waals surface area contributed by atoms with Crippen LogP contribution in [-0.2, 0) is 6.42 Å². The minimum absolute atomic E-state index is 0.708. The number of pyridine rings is 1. The van der Waals surface area contributed by atoms with E-state index in [9.17, 15) is 0 Å². The lowest BCUT2D eigenvalue weighted by Gasteiger charge is -2.14. The normalized spacial score (nSPS) is 10.9. The third-order valence-electron chi connectivity index (χ3n) is 3.85. The van der Waals surface area contributed by atoms with E-state index in [-0.39, 0.29) is 0 Å². The molecule has 0 bridgehead atoms. The first-order valence-electron chi connectivity index (χ1n) is 8.97. The molecule has 3 heteroatoms. The van der Waals surface area contributed by atoms with Gasteiger partial charge < -0.3 is 9.47 Å². The summed E-state index contributed by atoms with van der Waals surface area (Å²) in [6.07, 6.45) is 8.56. The zero-order valence-corrected chi connectivity index (χ0v) is 14.7. The quantitative estimate of drug-likeness (QED) is 0.539. The monoisotopic (exact) mass is 315 g/mol. The fourth-order valence-electron chi connectivity index (χ4n) is 2.63. The molecule has 2 rings (SSSR count). The van der Waals surface area contributed by atoms with Gasteiger partial charge in [-0.2, -0.15) is 0 Å². The van der Waals surface area contributed by atoms with Crippen LogP contribution in [0.25, 0.3) is 10.8 Å². The van der Waals surface area contributed by atoms with Gasteiger partial charge >= 0.3 is 0 Å². The Morgan fingerprint density at radius 1 is 0.870 bits per heavy atom. The van der Waals surface area contributed by atoms with E-state index in [0.717, 1.165) is 30.8 Å². The Bertz CT molecular complexity index is 610. The Balaban J connectivity index is 2.35. The maximum Gasteiger partial charge on any atom is 0.161 e. The van der Waals surface area contributed by atoms with E-state index in [0.29, 0.717) is 13.2 Å². The standard InChI is InChI=1S/C20H29NO2/c1-4-7-8-9-18-17-15-20(23-13-6-3)19(22-12-5-2)14-16(17)10-11-21-18/h10-11,14-15H,4-9,12-13H2,1-3H3. The summed E-state index contributed by atoms with van der Waals surface area (Å²) in [6, 6.07) is 6.27. The van der Waals surface area contributed by atoms with Crippen LogP contribution in [0.15, 0.2) is 24.4 Å². The van der Waals surface area contributed by atoms with E-state index in [1.165, 1.54) is 35.7 Å². The van der Waals surface area contributed by atoms with Crippen LogP contribution >= 0.6 is 0 Å². The van der Waals surface area contributed by atoms with Crippen LogP contribution in [0.2, 0.25) is 0 Å². The van der Waals surface area contributed by atoms with Crippen molar-refractivity contribution in [2.75, 3.05) is 13.2 Å². The fourth-order valence-corrected chi connectivity index (χ4v) is 2.63. The molecule has 0 radical (unpaired) electrons. The molecule has 0 fully saturated rings. The van der Waals surface area contributed by atoms with Gasteiger partial charge in [-0.1, -0.05) is 33.6 Å². The molecular weight excluding hydrogens is 286 g/mol. The van der Waals surface area contributed by atoms with Crippen molar-refractivity contribution in [3.05, 3.63) is 30.1 Å². The molecular formula is C20H29NO2. The largest absolute Gasteiger partial charge is 0.490 e. The van der Waals surface area contributed by atoms with E-state index >= 15 is 0 Å². The van der Waals surface area contributed by atoms with Crippen LogP contribution in [0.5, 0.6) is 11.5 Å². The Morgan fingerprint density at radius 3 is 2.22 bits per heavy atom. The van der Waals surface area contributed by atoms with Gasteiger partial charge in [0.1, 0.15) is 0 Å². The number of rotatable bonds is 10. The first-order chi connectivity index (χ1) is 11.3. The molecule has 0 amide bonds. The molecule has 3 nitrogen and oxygen atoms in total. The van der Waals surface area contributed by atoms with E-state index in [4.69, 9.17) is 9.47 Å². The molecule has 0 aliphatic heterocycles. The Kier molecular flexibility index (Phi) is 7.18. The summed E-state index contributed by atoms with van der Waals surface area (Å²) in [5.74, 6) is 1.69. The molecule has 0 aliphatic carbocycles. The molecule has 0 aliphatic rings. The van der Waals surface area contributed by atoms with Crippen molar-refractivity contribution in [1.82, 2.24) is 4.98 Å². The topological polar surface area (TPSA) is 31.4 Å². The number of ether oxygens (including phenoxy) is 2. The fraction of sp³-hybridized carbons (Fsp3) is 0.550. The zero-order chi connectivity index (χ0) is 16.5. The van der Waals surface area contributed by atoms with Gasteiger partial charge in [0.05, 0.1) is 13.2 Å². The lowest BCUT2D eigenvalue weighted by Crippen LogP contribution is -2.02. The summed E-state index contributed by atoms with van der Waals surface area (Å²) < 4.78 is 11.8. The number of aryl methyl sites for hydroxylation is 1. The number of hydrogen-bond acceptors (Lipinski definition) is 3. The molecule has 1 aromatic heterocycles. The minimum Gasteiger partial charge on any atom is -0.490 e. The predicted molar refractivity (Wildman–Crippen MR) is 96.5 cm³/mol. The van der Waals surface area contributed by atoms with Crippen molar-refractivity contribution in [1.29, 1.82) is 0 Å². The molecule has 0 N–H and O–H groups in total. The second-order valence-corrected chi connectivity index (χ2v) is 5.93. The van der Waals surface area contributed by atoms with Gasteiger partial charge in [-0.15, -0.1) is 0 Å². The second-order valence-electron chi connectivity index (χ2n) is 5.93. The number of unbranched alkanes of at least 4 members (excludes halogenated alkanes) is 2. The highest BCUT2D eigenvalue weighted by atomic mass is 16.5. The lowest BCUT2D eigenvalue weighted by molar-refractivity contribution is 0.269. The maximum atomic E-state index is 5.92. The van der Waals surface area contributed by atoms with E-state index in [2.05, 4.69) is 44.0 Å². The van der Waals surface area contributed by atoms with Gasteiger partial charge in [-0.25, -0.2) is 0 Å². The van der Waals surface area contributed by atoms with Gasteiger partial charge in [0.15, 0.2) is 11.5 Å². The van der Waals surface area contributed by atoms with E-state index in [1.807, 2.05) is 6.20 Å². The number of nitrogens with zero attached hydrogens (tertiary/aromatic N) is 1. The van der Waals surface area contributed by atoms with Gasteiger partial charge in [-0.3, -0.25) is 4.98 Å². The Morgan fingerprint density at radius 2 is 1.57 bits per heavy atom.